The van der Waals surface area contributed by atoms with Gasteiger partial charge in [-0.25, -0.2) is 4.79 Å². The highest BCUT2D eigenvalue weighted by atomic mass is 16.6. The van der Waals surface area contributed by atoms with E-state index in [1.165, 1.54) is 121 Å². The minimum Gasteiger partial charge on any atom is -0.487 e. The number of hydrogen-bond donors (Lipinski definition) is 0. The first-order chi connectivity index (χ1) is 26.0. The third-order valence-corrected chi connectivity index (χ3v) is 10.5. The van der Waals surface area contributed by atoms with Gasteiger partial charge in [-0.05, 0) is 73.6 Å². The Morgan fingerprint density at radius 3 is 1.51 bits per heavy atom. The van der Waals surface area contributed by atoms with E-state index in [-0.39, 0.29) is 18.2 Å². The van der Waals surface area contributed by atoms with Crippen molar-refractivity contribution in [2.75, 3.05) is 6.61 Å². The van der Waals surface area contributed by atoms with E-state index in [9.17, 15) is 4.79 Å². The molecule has 0 saturated carbocycles. The Kier molecular flexibility index (Phi) is 23.7. The molecule has 0 saturated heterocycles. The molecule has 0 N–H and O–H groups in total. The lowest BCUT2D eigenvalue weighted by molar-refractivity contribution is 0.0627. The first-order valence-corrected chi connectivity index (χ1v) is 21.9. The molecule has 0 spiro atoms. The average molecular weight is 727 g/mol. The summed E-state index contributed by atoms with van der Waals surface area (Å²) in [6, 6.07) is 23.8. The van der Waals surface area contributed by atoms with Gasteiger partial charge in [0.15, 0.2) is 11.5 Å². The highest BCUT2D eigenvalue weighted by Crippen LogP contribution is 2.31. The van der Waals surface area contributed by atoms with E-state index >= 15 is 0 Å². The zero-order valence-electron chi connectivity index (χ0n) is 34.2. The van der Waals surface area contributed by atoms with Crippen molar-refractivity contribution in [3.05, 3.63) is 83.9 Å². The number of ether oxygens (including phenoxy) is 3. The molecule has 2 atom stereocenters. The van der Waals surface area contributed by atoms with Crippen LogP contribution in [-0.4, -0.2) is 18.7 Å². The second-order valence-electron chi connectivity index (χ2n) is 15.2. The predicted molar refractivity (Wildman–Crippen MR) is 225 cm³/mol. The van der Waals surface area contributed by atoms with Crippen LogP contribution in [-0.2, 0) is 4.74 Å². The van der Waals surface area contributed by atoms with Crippen molar-refractivity contribution in [2.45, 2.75) is 188 Å². The summed E-state index contributed by atoms with van der Waals surface area (Å²) in [7, 11) is 0. The Hall–Kier alpha value is -3.11. The molecule has 2 unspecified atom stereocenters. The number of benzene rings is 3. The van der Waals surface area contributed by atoms with E-state index < -0.39 is 0 Å². The van der Waals surface area contributed by atoms with E-state index in [0.29, 0.717) is 17.1 Å². The summed E-state index contributed by atoms with van der Waals surface area (Å²) in [4.78, 5) is 13.2. The van der Waals surface area contributed by atoms with Crippen molar-refractivity contribution >= 4 is 5.97 Å². The molecule has 3 aromatic carbocycles. The predicted octanol–water partition coefficient (Wildman–Crippen LogP) is 15.4. The fourth-order valence-corrected chi connectivity index (χ4v) is 7.10. The van der Waals surface area contributed by atoms with Crippen molar-refractivity contribution < 1.29 is 19.0 Å². The lowest BCUT2D eigenvalue weighted by Gasteiger charge is -2.20. The zero-order valence-corrected chi connectivity index (χ0v) is 34.2. The van der Waals surface area contributed by atoms with Crippen LogP contribution in [0.5, 0.6) is 11.5 Å². The molecule has 0 amide bonds. The standard InChI is InChI=1S/C49H74O4/c1-5-8-10-12-14-15-16-17-18-19-20-21-23-27-40-51-41(4)42-32-34-43(35-33-42)44-36-38-45(39-37-44)49(50)53-48-31-26-25-30-47(48)52-46(28-7-3)29-24-22-13-11-9-6-2/h25-26,30-39,41,46H,5-24,27-29,40H2,1-4H3. The fraction of sp³-hybridized carbons (Fsp3) is 0.612. The fourth-order valence-electron chi connectivity index (χ4n) is 7.10. The minimum atomic E-state index is -0.379. The zero-order chi connectivity index (χ0) is 37.8. The van der Waals surface area contributed by atoms with Gasteiger partial charge in [-0.2, -0.15) is 0 Å². The summed E-state index contributed by atoms with van der Waals surface area (Å²) < 4.78 is 18.5. The lowest BCUT2D eigenvalue weighted by Crippen LogP contribution is -2.17. The smallest absolute Gasteiger partial charge is 0.343 e. The van der Waals surface area contributed by atoms with Crippen molar-refractivity contribution in [3.63, 3.8) is 0 Å². The molecule has 3 aromatic rings. The molecule has 3 rings (SSSR count). The Balaban J connectivity index is 1.36. The van der Waals surface area contributed by atoms with E-state index in [4.69, 9.17) is 14.2 Å². The highest BCUT2D eigenvalue weighted by molar-refractivity contribution is 5.92. The van der Waals surface area contributed by atoms with Crippen molar-refractivity contribution in [1.29, 1.82) is 0 Å². The summed E-state index contributed by atoms with van der Waals surface area (Å²) in [6.07, 6.45) is 30.0. The Labute approximate surface area is 324 Å². The number of carbonyl (C=O) groups excluding carboxylic acids is 1. The number of esters is 1. The summed E-state index contributed by atoms with van der Waals surface area (Å²) in [6.45, 7) is 9.69. The lowest BCUT2D eigenvalue weighted by atomic mass is 10.0. The summed E-state index contributed by atoms with van der Waals surface area (Å²) >= 11 is 0. The Bertz CT molecular complexity index is 1330. The van der Waals surface area contributed by atoms with Gasteiger partial charge in [-0.3, -0.25) is 0 Å². The van der Waals surface area contributed by atoms with Crippen LogP contribution in [0.2, 0.25) is 0 Å². The van der Waals surface area contributed by atoms with Gasteiger partial charge in [0.05, 0.1) is 17.8 Å². The normalized spacial score (nSPS) is 12.5. The number of unbranched alkanes of at least 4 members (excludes halogenated alkanes) is 18. The minimum absolute atomic E-state index is 0.0721. The molecule has 4 nitrogen and oxygen atoms in total. The first-order valence-electron chi connectivity index (χ1n) is 21.9. The SMILES string of the molecule is CCCCCCCCCCCCCCCCOC(C)c1ccc(-c2ccc(C(=O)Oc3ccccc3OC(CCC)CCCCCCCC)cc2)cc1. The van der Waals surface area contributed by atoms with Crippen molar-refractivity contribution in [2.24, 2.45) is 0 Å². The number of para-hydroxylation sites is 2. The first kappa shape index (κ1) is 44.3. The molecular weight excluding hydrogens is 653 g/mol. The van der Waals surface area contributed by atoms with Crippen LogP contribution in [0.3, 0.4) is 0 Å². The molecule has 0 aliphatic rings. The van der Waals surface area contributed by atoms with Crippen molar-refractivity contribution in [1.82, 2.24) is 0 Å². The average Bonchev–Trinajstić information content (AvgIpc) is 3.18. The van der Waals surface area contributed by atoms with Gasteiger partial charge in [0, 0.05) is 6.61 Å². The van der Waals surface area contributed by atoms with E-state index in [1.54, 1.807) is 0 Å². The van der Waals surface area contributed by atoms with Gasteiger partial charge in [-0.15, -0.1) is 0 Å². The van der Waals surface area contributed by atoms with Gasteiger partial charge >= 0.3 is 5.97 Å². The van der Waals surface area contributed by atoms with Crippen LogP contribution >= 0.6 is 0 Å². The molecule has 0 aliphatic carbocycles. The molecule has 294 valence electrons. The van der Waals surface area contributed by atoms with Crippen LogP contribution in [0.15, 0.2) is 72.8 Å². The number of carbonyl (C=O) groups is 1. The molecule has 4 heteroatoms. The Morgan fingerprint density at radius 2 is 0.981 bits per heavy atom. The molecule has 53 heavy (non-hydrogen) atoms. The molecule has 0 aliphatic heterocycles. The second kappa shape index (κ2) is 28.3. The van der Waals surface area contributed by atoms with Crippen LogP contribution in [0.1, 0.15) is 197 Å². The molecule has 0 aromatic heterocycles. The molecule has 0 heterocycles. The number of hydrogen-bond acceptors (Lipinski definition) is 4. The maximum atomic E-state index is 13.2. The van der Waals surface area contributed by atoms with Gasteiger partial charge in [-0.1, -0.05) is 191 Å². The quantitative estimate of drug-likeness (QED) is 0.0376. The van der Waals surface area contributed by atoms with Crippen LogP contribution in [0.4, 0.5) is 0 Å². The third kappa shape index (κ3) is 18.7. The van der Waals surface area contributed by atoms with E-state index in [1.807, 2.05) is 48.5 Å². The topological polar surface area (TPSA) is 44.8 Å². The molecule has 0 radical (unpaired) electrons. The van der Waals surface area contributed by atoms with Gasteiger partial charge in [0.25, 0.3) is 0 Å². The van der Waals surface area contributed by atoms with Gasteiger partial charge in [0.2, 0.25) is 0 Å². The molecule has 0 fully saturated rings. The largest absolute Gasteiger partial charge is 0.487 e. The Morgan fingerprint density at radius 1 is 0.509 bits per heavy atom. The monoisotopic (exact) mass is 727 g/mol. The van der Waals surface area contributed by atoms with Crippen LogP contribution in [0, 0.1) is 0 Å². The molecular formula is C49H74O4. The highest BCUT2D eigenvalue weighted by Gasteiger charge is 2.17. The maximum absolute atomic E-state index is 13.2. The van der Waals surface area contributed by atoms with Gasteiger partial charge in [0.1, 0.15) is 0 Å². The second-order valence-corrected chi connectivity index (χ2v) is 15.2. The van der Waals surface area contributed by atoms with Crippen molar-refractivity contribution in [3.8, 4) is 22.6 Å². The van der Waals surface area contributed by atoms with Crippen LogP contribution < -0.4 is 9.47 Å². The van der Waals surface area contributed by atoms with E-state index in [2.05, 4.69) is 52.0 Å². The number of rotatable bonds is 31. The van der Waals surface area contributed by atoms with Crippen LogP contribution in [0.25, 0.3) is 11.1 Å². The summed E-state index contributed by atoms with van der Waals surface area (Å²) in [5, 5.41) is 0. The van der Waals surface area contributed by atoms with Gasteiger partial charge < -0.3 is 14.2 Å². The summed E-state index contributed by atoms with van der Waals surface area (Å²) in [5.41, 5.74) is 3.88. The molecule has 0 bridgehead atoms. The van der Waals surface area contributed by atoms with E-state index in [0.717, 1.165) is 49.8 Å². The summed E-state index contributed by atoms with van der Waals surface area (Å²) in [5.74, 6) is 0.734. The third-order valence-electron chi connectivity index (χ3n) is 10.5. The maximum Gasteiger partial charge on any atom is 0.343 e.